The Kier molecular flexibility index (Phi) is 9.00. The van der Waals surface area contributed by atoms with E-state index in [2.05, 4.69) is 25.7 Å². The van der Waals surface area contributed by atoms with Gasteiger partial charge in [-0.3, -0.25) is 19.6 Å². The van der Waals surface area contributed by atoms with Crippen molar-refractivity contribution >= 4 is 69.6 Å². The number of thioether (sulfide) groups is 2. The lowest BCUT2D eigenvalue weighted by atomic mass is 10.0. The molecule has 12 nitrogen and oxygen atoms in total. The predicted molar refractivity (Wildman–Crippen MR) is 173 cm³/mol. The van der Waals surface area contributed by atoms with Crippen molar-refractivity contribution in [2.75, 3.05) is 11.5 Å². The van der Waals surface area contributed by atoms with Gasteiger partial charge in [0.2, 0.25) is 0 Å². The maximum Gasteiger partial charge on any atom is 0.356 e. The zero-order valence-electron chi connectivity index (χ0n) is 23.3. The number of ether oxygens (including phenoxy) is 1. The second kappa shape index (κ2) is 13.4. The van der Waals surface area contributed by atoms with Crippen molar-refractivity contribution in [1.29, 1.82) is 0 Å². The number of carbonyl (C=O) groups is 3. The number of rotatable bonds is 10. The molecule has 0 aliphatic carbocycles. The Morgan fingerprint density at radius 2 is 1.89 bits per heavy atom. The van der Waals surface area contributed by atoms with Gasteiger partial charge in [-0.25, -0.2) is 9.78 Å². The number of aromatic nitrogens is 3. The molecule has 228 valence electrons. The number of H-pyrrole nitrogens is 1. The number of nitrogens with two attached hydrogens (primary N) is 1. The van der Waals surface area contributed by atoms with Crippen molar-refractivity contribution in [3.8, 4) is 0 Å². The number of thiazole rings is 1. The number of nitrogen functional groups attached to an aromatic ring is 1. The van der Waals surface area contributed by atoms with E-state index in [1.165, 1.54) is 33.8 Å². The average molecular weight is 660 g/mol. The van der Waals surface area contributed by atoms with Gasteiger partial charge >= 0.3 is 5.97 Å². The number of amides is 2. The minimum Gasteiger partial charge on any atom is -0.448 e. The van der Waals surface area contributed by atoms with Gasteiger partial charge in [0, 0.05) is 27.8 Å². The van der Waals surface area contributed by atoms with Crippen LogP contribution in [-0.2, 0) is 19.1 Å². The van der Waals surface area contributed by atoms with E-state index in [-0.39, 0.29) is 22.2 Å². The molecule has 0 spiro atoms. The second-order valence-corrected chi connectivity index (χ2v) is 12.7. The fourth-order valence-corrected chi connectivity index (χ4v) is 7.68. The Hall–Kier alpha value is -4.86. The number of hydrogen-bond acceptors (Lipinski definition) is 12. The van der Waals surface area contributed by atoms with Crippen molar-refractivity contribution < 1.29 is 24.3 Å². The second-order valence-electron chi connectivity index (χ2n) is 9.71. The third kappa shape index (κ3) is 6.36. The number of carbonyl (C=O) groups excluding carboxylic acids is 3. The Morgan fingerprint density at radius 1 is 1.18 bits per heavy atom. The van der Waals surface area contributed by atoms with Gasteiger partial charge < -0.3 is 21.0 Å². The number of nitrogens with zero attached hydrogens (tertiary/aromatic N) is 4. The maximum atomic E-state index is 14.1. The summed E-state index contributed by atoms with van der Waals surface area (Å²) in [4.78, 5) is 46.7. The van der Waals surface area contributed by atoms with Gasteiger partial charge in [0.05, 0.1) is 6.20 Å². The Morgan fingerprint density at radius 3 is 2.49 bits per heavy atom. The molecule has 2 aromatic carbocycles. The molecule has 5 N–H and O–H groups in total. The summed E-state index contributed by atoms with van der Waals surface area (Å²) in [6.07, 6.45) is 4.49. The molecule has 45 heavy (non-hydrogen) atoms. The number of aromatic amines is 1. The van der Waals surface area contributed by atoms with Gasteiger partial charge in [-0.05, 0) is 22.6 Å². The van der Waals surface area contributed by atoms with Crippen molar-refractivity contribution in [3.05, 3.63) is 117 Å². The largest absolute Gasteiger partial charge is 0.448 e. The first-order valence-corrected chi connectivity index (χ1v) is 16.3. The number of oxime groups is 1. The van der Waals surface area contributed by atoms with Crippen LogP contribution >= 0.6 is 34.9 Å². The standard InChI is InChI=1S/C30H25N7O5S3/c31-30-34-20(15-45-30)22(36-41)26(38)35-23-27(39)37-24(21(16-44-28(23)37)43-12-11-17-13-32-33-14-17)29(40)42-25(18-7-3-1-4-8-18)19-9-5-2-6-10-19/h1-15,23,25,28,41H,16H2,(H2,31,34)(H,32,33)(H,35,38)/b12-11+,36-22-/t23-,28-/m1/s1. The number of benzene rings is 2. The molecule has 0 unspecified atom stereocenters. The Labute approximate surface area is 269 Å². The molecule has 4 heterocycles. The van der Waals surface area contributed by atoms with Gasteiger partial charge in [-0.1, -0.05) is 77.6 Å². The van der Waals surface area contributed by atoms with Crippen LogP contribution in [0.15, 0.2) is 99.6 Å². The molecule has 2 aliphatic heterocycles. The summed E-state index contributed by atoms with van der Waals surface area (Å²) in [6, 6.07) is 17.7. The molecule has 2 aromatic heterocycles. The van der Waals surface area contributed by atoms with Gasteiger partial charge in [0.1, 0.15) is 22.8 Å². The summed E-state index contributed by atoms with van der Waals surface area (Å²) in [5.41, 5.74) is 7.86. The van der Waals surface area contributed by atoms with Gasteiger partial charge in [-0.15, -0.1) is 23.1 Å². The topological polar surface area (TPSA) is 176 Å². The van der Waals surface area contributed by atoms with Crippen molar-refractivity contribution in [3.63, 3.8) is 0 Å². The fraction of sp³-hybridized carbons (Fsp3) is 0.133. The number of anilines is 1. The summed E-state index contributed by atoms with van der Waals surface area (Å²) in [5.74, 6) is -1.61. The van der Waals surface area contributed by atoms with Crippen LogP contribution < -0.4 is 11.1 Å². The Balaban J connectivity index is 1.28. The lowest BCUT2D eigenvalue weighted by Gasteiger charge is -2.49. The fourth-order valence-electron chi connectivity index (χ4n) is 4.78. The highest BCUT2D eigenvalue weighted by Gasteiger charge is 2.55. The van der Waals surface area contributed by atoms with E-state index in [1.54, 1.807) is 12.4 Å². The molecule has 0 bridgehead atoms. The van der Waals surface area contributed by atoms with Crippen LogP contribution in [0.1, 0.15) is 28.5 Å². The van der Waals surface area contributed by atoms with E-state index in [0.29, 0.717) is 10.7 Å². The molecule has 4 aromatic rings. The number of hydrogen-bond donors (Lipinski definition) is 4. The molecule has 0 radical (unpaired) electrons. The first-order valence-electron chi connectivity index (χ1n) is 13.5. The van der Waals surface area contributed by atoms with E-state index < -0.39 is 35.3 Å². The first-order chi connectivity index (χ1) is 21.9. The third-order valence-electron chi connectivity index (χ3n) is 6.91. The van der Waals surface area contributed by atoms with Crippen molar-refractivity contribution in [2.24, 2.45) is 5.16 Å². The van der Waals surface area contributed by atoms with E-state index in [4.69, 9.17) is 10.5 Å². The van der Waals surface area contributed by atoms with Crippen molar-refractivity contribution in [1.82, 2.24) is 25.4 Å². The van der Waals surface area contributed by atoms with Crippen LogP contribution in [0, 0.1) is 0 Å². The van der Waals surface area contributed by atoms with E-state index in [9.17, 15) is 19.6 Å². The SMILES string of the molecule is Nc1nc(/C(=N/O)C(=O)N[C@@H]2C(=O)N3C(C(=O)OC(c4ccccc4)c4ccccc4)=C(S/C=C/c4cn[nH]c4)CS[C@H]23)cs1. The molecule has 0 saturated carbocycles. The average Bonchev–Trinajstić information content (AvgIpc) is 3.75. The number of fused-ring (bicyclic) bond motifs is 1. The summed E-state index contributed by atoms with van der Waals surface area (Å²) < 4.78 is 6.17. The minimum atomic E-state index is -0.981. The lowest BCUT2D eigenvalue weighted by Crippen LogP contribution is -2.71. The molecule has 6 rings (SSSR count). The smallest absolute Gasteiger partial charge is 0.356 e. The summed E-state index contributed by atoms with van der Waals surface area (Å²) >= 11 is 3.77. The highest BCUT2D eigenvalue weighted by Crippen LogP contribution is 2.45. The highest BCUT2D eigenvalue weighted by molar-refractivity contribution is 8.08. The quantitative estimate of drug-likeness (QED) is 0.0641. The van der Waals surface area contributed by atoms with Crippen molar-refractivity contribution in [2.45, 2.75) is 17.5 Å². The van der Waals surface area contributed by atoms with Crippen LogP contribution in [0.2, 0.25) is 0 Å². The predicted octanol–water partition coefficient (Wildman–Crippen LogP) is 3.98. The molecule has 2 atom stereocenters. The highest BCUT2D eigenvalue weighted by atomic mass is 32.2. The summed E-state index contributed by atoms with van der Waals surface area (Å²) in [7, 11) is 0. The number of nitrogens with one attached hydrogen (secondary N) is 2. The van der Waals surface area contributed by atoms with Crippen LogP contribution in [0.5, 0.6) is 0 Å². The molecular formula is C30H25N7O5S3. The van der Waals surface area contributed by atoms with E-state index in [0.717, 1.165) is 28.0 Å². The number of β-lactam (4-membered cyclic amide) rings is 1. The summed E-state index contributed by atoms with van der Waals surface area (Å²) in [5, 5.41) is 24.8. The summed E-state index contributed by atoms with van der Waals surface area (Å²) in [6.45, 7) is 0. The Bertz CT molecular complexity index is 1750. The molecule has 2 aliphatic rings. The first kappa shape index (κ1) is 30.2. The van der Waals surface area contributed by atoms with Crippen LogP contribution in [0.3, 0.4) is 0 Å². The van der Waals surface area contributed by atoms with E-state index in [1.807, 2.05) is 72.1 Å². The monoisotopic (exact) mass is 659 g/mol. The minimum absolute atomic E-state index is 0.0811. The van der Waals surface area contributed by atoms with Crippen LogP contribution in [0.4, 0.5) is 5.13 Å². The molecule has 2 amide bonds. The van der Waals surface area contributed by atoms with E-state index >= 15 is 0 Å². The molecule has 1 saturated heterocycles. The van der Waals surface area contributed by atoms with Gasteiger partial charge in [0.25, 0.3) is 11.8 Å². The molecule has 1 fully saturated rings. The molecular weight excluding hydrogens is 635 g/mol. The van der Waals surface area contributed by atoms with Crippen LogP contribution in [-0.4, -0.2) is 66.0 Å². The lowest BCUT2D eigenvalue weighted by molar-refractivity contribution is -0.154. The normalized spacial score (nSPS) is 18.2. The molecule has 15 heteroatoms. The number of esters is 1. The zero-order valence-corrected chi connectivity index (χ0v) is 25.7. The maximum absolute atomic E-state index is 14.1. The van der Waals surface area contributed by atoms with Crippen LogP contribution in [0.25, 0.3) is 6.08 Å². The third-order valence-corrected chi connectivity index (χ3v) is 9.94. The van der Waals surface area contributed by atoms with Gasteiger partial charge in [0.15, 0.2) is 16.9 Å². The van der Waals surface area contributed by atoms with Gasteiger partial charge in [-0.2, -0.15) is 5.10 Å². The zero-order chi connectivity index (χ0) is 31.3.